The number of phenols is 3. The van der Waals surface area contributed by atoms with E-state index in [9.17, 15) is 30.1 Å². The van der Waals surface area contributed by atoms with E-state index in [1.54, 1.807) is 12.1 Å². The predicted octanol–water partition coefficient (Wildman–Crippen LogP) is 1.44. The molecule has 0 aromatic heterocycles. The lowest BCUT2D eigenvalue weighted by atomic mass is 9.96. The number of hydrogen-bond acceptors (Lipinski definition) is 7. The molecule has 0 saturated heterocycles. The highest BCUT2D eigenvalue weighted by atomic mass is 31.2. The molecule has 26 heavy (non-hydrogen) atoms. The van der Waals surface area contributed by atoms with Crippen molar-refractivity contribution in [2.45, 2.75) is 25.0 Å². The van der Waals surface area contributed by atoms with Gasteiger partial charge in [0.2, 0.25) is 0 Å². The number of aryl methyl sites for hydroxylation is 1. The third kappa shape index (κ3) is 5.35. The van der Waals surface area contributed by atoms with E-state index < -0.39 is 36.4 Å². The molecule has 2 rings (SSSR count). The molecular formula is C16H19O9P. The predicted molar refractivity (Wildman–Crippen MR) is 89.6 cm³/mol. The third-order valence-corrected chi connectivity index (χ3v) is 4.02. The second-order valence-corrected chi connectivity index (χ2v) is 6.92. The number of phosphoric ester groups is 1. The smallest absolute Gasteiger partial charge is 0.508 e. The van der Waals surface area contributed by atoms with Crippen molar-refractivity contribution in [2.24, 2.45) is 0 Å². The largest absolute Gasteiger partial charge is 0.524 e. The van der Waals surface area contributed by atoms with Crippen molar-refractivity contribution >= 4 is 7.82 Å². The Bertz CT molecular complexity index is 828. The van der Waals surface area contributed by atoms with Crippen LogP contribution in [-0.2, 0) is 16.8 Å². The molecule has 0 atom stereocenters. The first kappa shape index (κ1) is 20.0. The summed E-state index contributed by atoms with van der Waals surface area (Å²) >= 11 is 0. The molecule has 0 bridgehead atoms. The van der Waals surface area contributed by atoms with Crippen LogP contribution in [0, 0.1) is 0 Å². The summed E-state index contributed by atoms with van der Waals surface area (Å²) in [5, 5.41) is 49.4. The lowest BCUT2D eigenvalue weighted by molar-refractivity contribution is -0.176. The van der Waals surface area contributed by atoms with Gasteiger partial charge in [0.1, 0.15) is 23.0 Å². The lowest BCUT2D eigenvalue weighted by Crippen LogP contribution is -2.26. The van der Waals surface area contributed by atoms with Gasteiger partial charge >= 0.3 is 7.82 Å². The Kier molecular flexibility index (Phi) is 5.80. The summed E-state index contributed by atoms with van der Waals surface area (Å²) in [4.78, 5) is 17.9. The molecule has 9 nitrogen and oxygen atoms in total. The summed E-state index contributed by atoms with van der Waals surface area (Å²) in [5.74, 6) is -4.74. The van der Waals surface area contributed by atoms with Gasteiger partial charge in [0.05, 0.1) is 5.56 Å². The van der Waals surface area contributed by atoms with E-state index in [-0.39, 0.29) is 18.6 Å². The third-order valence-electron chi connectivity index (χ3n) is 3.59. The van der Waals surface area contributed by atoms with Crippen LogP contribution in [0.1, 0.15) is 24.0 Å². The van der Waals surface area contributed by atoms with Crippen LogP contribution in [0.5, 0.6) is 23.0 Å². The molecule has 10 heteroatoms. The topological polar surface area (TPSA) is 168 Å². The van der Waals surface area contributed by atoms with Crippen LogP contribution in [0.15, 0.2) is 36.4 Å². The second kappa shape index (κ2) is 7.53. The molecule has 2 aromatic rings. The van der Waals surface area contributed by atoms with Gasteiger partial charge in [0.15, 0.2) is 5.79 Å². The molecular weight excluding hydrogens is 367 g/mol. The fourth-order valence-corrected chi connectivity index (χ4v) is 2.97. The summed E-state index contributed by atoms with van der Waals surface area (Å²) in [7, 11) is -5.08. The minimum Gasteiger partial charge on any atom is -0.508 e. The minimum atomic E-state index is -5.08. The molecule has 0 heterocycles. The van der Waals surface area contributed by atoms with E-state index in [4.69, 9.17) is 9.79 Å². The highest BCUT2D eigenvalue weighted by molar-refractivity contribution is 7.46. The maximum atomic E-state index is 11.1. The van der Waals surface area contributed by atoms with Gasteiger partial charge in [-0.1, -0.05) is 12.1 Å². The fraction of sp³-hybridized carbons (Fsp3) is 0.250. The molecule has 142 valence electrons. The number of phenolic OH excluding ortho intramolecular Hbond substituents is 3. The van der Waals surface area contributed by atoms with E-state index in [0.717, 1.165) is 17.7 Å². The SMILES string of the molecule is O=P(O)(O)Oc1cc(O)cc(O)c1C(O)(O)CCCc1cccc(O)c1. The Hall–Kier alpha value is -2.29. The quantitative estimate of drug-likeness (QED) is 0.275. The van der Waals surface area contributed by atoms with Crippen molar-refractivity contribution in [1.82, 2.24) is 0 Å². The number of aromatic hydroxyl groups is 3. The van der Waals surface area contributed by atoms with E-state index >= 15 is 0 Å². The molecule has 0 aliphatic rings. The van der Waals surface area contributed by atoms with Crippen molar-refractivity contribution in [3.63, 3.8) is 0 Å². The Labute approximate surface area is 148 Å². The Morgan fingerprint density at radius 2 is 1.69 bits per heavy atom. The maximum absolute atomic E-state index is 11.1. The average Bonchev–Trinajstić information content (AvgIpc) is 2.43. The van der Waals surface area contributed by atoms with Crippen LogP contribution in [0.3, 0.4) is 0 Å². The molecule has 0 aliphatic heterocycles. The van der Waals surface area contributed by atoms with Crippen molar-refractivity contribution < 1.29 is 44.4 Å². The van der Waals surface area contributed by atoms with Crippen molar-refractivity contribution in [3.05, 3.63) is 47.5 Å². The number of hydrogen-bond donors (Lipinski definition) is 7. The monoisotopic (exact) mass is 386 g/mol. The first-order chi connectivity index (χ1) is 12.0. The standard InChI is InChI=1S/C16H19O9P/c17-11-5-1-3-10(7-11)4-2-6-16(20,21)15-13(19)8-12(18)9-14(15)25-26(22,23)24/h1,3,5,7-9,17-21H,2,4,6H2,(H2,22,23,24). The van der Waals surface area contributed by atoms with Gasteiger partial charge in [-0.2, -0.15) is 0 Å². The molecule has 0 unspecified atom stereocenters. The first-order valence-corrected chi connectivity index (χ1v) is 9.05. The van der Waals surface area contributed by atoms with E-state index in [2.05, 4.69) is 4.52 Å². The van der Waals surface area contributed by atoms with Crippen LogP contribution in [0.2, 0.25) is 0 Å². The molecule has 0 spiro atoms. The molecule has 0 saturated carbocycles. The van der Waals surface area contributed by atoms with E-state index in [1.165, 1.54) is 12.1 Å². The van der Waals surface area contributed by atoms with Crippen LogP contribution in [0.4, 0.5) is 0 Å². The van der Waals surface area contributed by atoms with Crippen LogP contribution < -0.4 is 4.52 Å². The van der Waals surface area contributed by atoms with Crippen LogP contribution in [-0.4, -0.2) is 35.3 Å². The normalized spacial score (nSPS) is 12.2. The molecule has 7 N–H and O–H groups in total. The number of rotatable bonds is 7. The van der Waals surface area contributed by atoms with Crippen molar-refractivity contribution in [3.8, 4) is 23.0 Å². The Balaban J connectivity index is 2.22. The van der Waals surface area contributed by atoms with Crippen LogP contribution >= 0.6 is 7.82 Å². The number of aliphatic hydroxyl groups is 2. The summed E-state index contributed by atoms with van der Waals surface area (Å²) in [6, 6.07) is 7.91. The molecule has 2 aromatic carbocycles. The zero-order chi connectivity index (χ0) is 19.5. The number of benzene rings is 2. The van der Waals surface area contributed by atoms with Gasteiger partial charge in [0, 0.05) is 18.6 Å². The van der Waals surface area contributed by atoms with Crippen molar-refractivity contribution in [2.75, 3.05) is 0 Å². The lowest BCUT2D eigenvalue weighted by Gasteiger charge is -2.25. The first-order valence-electron chi connectivity index (χ1n) is 7.52. The van der Waals surface area contributed by atoms with E-state index in [0.29, 0.717) is 6.42 Å². The summed E-state index contributed by atoms with van der Waals surface area (Å²) < 4.78 is 15.4. The molecule has 0 aliphatic carbocycles. The molecule has 0 radical (unpaired) electrons. The fourth-order valence-electron chi connectivity index (χ4n) is 2.57. The number of phosphoric acid groups is 1. The average molecular weight is 386 g/mol. The van der Waals surface area contributed by atoms with Gasteiger partial charge in [-0.3, -0.25) is 9.79 Å². The molecule has 0 fully saturated rings. The van der Waals surface area contributed by atoms with Gasteiger partial charge in [-0.15, -0.1) is 0 Å². The van der Waals surface area contributed by atoms with E-state index in [1.807, 2.05) is 0 Å². The Morgan fingerprint density at radius 1 is 1.00 bits per heavy atom. The van der Waals surface area contributed by atoms with Gasteiger partial charge in [0.25, 0.3) is 0 Å². The van der Waals surface area contributed by atoms with Gasteiger partial charge in [-0.05, 0) is 30.5 Å². The highest BCUT2D eigenvalue weighted by Crippen LogP contribution is 2.47. The minimum absolute atomic E-state index is 0.0651. The summed E-state index contributed by atoms with van der Waals surface area (Å²) in [5.41, 5.74) is 0.0666. The second-order valence-electron chi connectivity index (χ2n) is 5.76. The molecule has 0 amide bonds. The highest BCUT2D eigenvalue weighted by Gasteiger charge is 2.35. The van der Waals surface area contributed by atoms with Crippen LogP contribution in [0.25, 0.3) is 0 Å². The van der Waals surface area contributed by atoms with Crippen molar-refractivity contribution in [1.29, 1.82) is 0 Å². The maximum Gasteiger partial charge on any atom is 0.524 e. The zero-order valence-corrected chi connectivity index (χ0v) is 14.4. The summed E-state index contributed by atoms with van der Waals surface area (Å²) in [6.45, 7) is 0. The zero-order valence-electron chi connectivity index (χ0n) is 13.5. The Morgan fingerprint density at radius 3 is 2.31 bits per heavy atom. The van der Waals surface area contributed by atoms with Gasteiger partial charge in [-0.25, -0.2) is 4.57 Å². The van der Waals surface area contributed by atoms with Gasteiger partial charge < -0.3 is 30.1 Å². The summed E-state index contributed by atoms with van der Waals surface area (Å²) in [6.07, 6.45) is 0.245.